The van der Waals surface area contributed by atoms with Gasteiger partial charge in [0.05, 0.1) is 6.67 Å². The number of hydrogen-bond acceptors (Lipinski definition) is 1. The standard InChI is InChI=1S/C9H18FN/c1-8(2)11-5-3-4-9(6-10)7-11/h8-9H,3-7H2,1-2H3/t9-/m1/s1. The highest BCUT2D eigenvalue weighted by atomic mass is 19.1. The van der Waals surface area contributed by atoms with E-state index in [-0.39, 0.29) is 6.67 Å². The zero-order valence-corrected chi connectivity index (χ0v) is 7.52. The number of likely N-dealkylation sites (tertiary alicyclic amines) is 1. The number of hydrogen-bond donors (Lipinski definition) is 0. The molecule has 2 heteroatoms. The first kappa shape index (κ1) is 8.98. The average molecular weight is 159 g/mol. The Balaban J connectivity index is 2.33. The number of halogens is 1. The lowest BCUT2D eigenvalue weighted by atomic mass is 9.98. The first-order valence-electron chi connectivity index (χ1n) is 4.54. The third-order valence-electron chi connectivity index (χ3n) is 2.50. The molecule has 1 saturated heterocycles. The zero-order chi connectivity index (χ0) is 8.27. The molecule has 66 valence electrons. The molecule has 0 saturated carbocycles. The van der Waals surface area contributed by atoms with Crippen LogP contribution in [0.4, 0.5) is 4.39 Å². The van der Waals surface area contributed by atoms with Crippen LogP contribution < -0.4 is 0 Å². The first-order chi connectivity index (χ1) is 5.24. The molecule has 0 aromatic heterocycles. The van der Waals surface area contributed by atoms with E-state index in [1.54, 1.807) is 0 Å². The van der Waals surface area contributed by atoms with Crippen molar-refractivity contribution in [2.24, 2.45) is 5.92 Å². The topological polar surface area (TPSA) is 3.24 Å². The second-order valence-electron chi connectivity index (χ2n) is 3.75. The smallest absolute Gasteiger partial charge is 0.0934 e. The van der Waals surface area contributed by atoms with Crippen molar-refractivity contribution in [2.45, 2.75) is 32.7 Å². The predicted molar refractivity (Wildman–Crippen MR) is 45.4 cm³/mol. The fourth-order valence-electron chi connectivity index (χ4n) is 1.69. The maximum atomic E-state index is 12.3. The van der Waals surface area contributed by atoms with Crippen LogP contribution in [0, 0.1) is 5.92 Å². The summed E-state index contributed by atoms with van der Waals surface area (Å²) in [5.74, 6) is 0.311. The molecule has 0 aromatic rings. The van der Waals surface area contributed by atoms with Crippen molar-refractivity contribution in [1.82, 2.24) is 4.90 Å². The van der Waals surface area contributed by atoms with Crippen LogP contribution in [-0.2, 0) is 0 Å². The van der Waals surface area contributed by atoms with Crippen LogP contribution in [0.3, 0.4) is 0 Å². The minimum Gasteiger partial charge on any atom is -0.301 e. The molecule has 0 unspecified atom stereocenters. The normalized spacial score (nSPS) is 27.8. The van der Waals surface area contributed by atoms with E-state index in [1.165, 1.54) is 6.42 Å². The van der Waals surface area contributed by atoms with E-state index in [0.29, 0.717) is 12.0 Å². The first-order valence-corrected chi connectivity index (χ1v) is 4.54. The third-order valence-corrected chi connectivity index (χ3v) is 2.50. The minimum atomic E-state index is -0.136. The lowest BCUT2D eigenvalue weighted by Gasteiger charge is -2.34. The predicted octanol–water partition coefficient (Wildman–Crippen LogP) is 2.08. The average Bonchev–Trinajstić information content (AvgIpc) is 2.05. The van der Waals surface area contributed by atoms with Crippen molar-refractivity contribution in [2.75, 3.05) is 19.8 Å². The Morgan fingerprint density at radius 2 is 2.27 bits per heavy atom. The summed E-state index contributed by atoms with van der Waals surface area (Å²) in [6, 6.07) is 0.587. The van der Waals surface area contributed by atoms with Crippen LogP contribution in [0.1, 0.15) is 26.7 Å². The molecule has 0 amide bonds. The number of alkyl halides is 1. The van der Waals surface area contributed by atoms with E-state index in [1.807, 2.05) is 0 Å². The van der Waals surface area contributed by atoms with Crippen molar-refractivity contribution in [3.63, 3.8) is 0 Å². The quantitative estimate of drug-likeness (QED) is 0.596. The summed E-state index contributed by atoms with van der Waals surface area (Å²) in [5, 5.41) is 0. The Kier molecular flexibility index (Phi) is 3.31. The number of rotatable bonds is 2. The highest BCUT2D eigenvalue weighted by molar-refractivity contribution is 4.74. The number of piperidine rings is 1. The molecule has 1 nitrogen and oxygen atoms in total. The summed E-state index contributed by atoms with van der Waals surface area (Å²) in [4.78, 5) is 2.37. The Morgan fingerprint density at radius 1 is 1.55 bits per heavy atom. The molecular formula is C9H18FN. The molecule has 0 bridgehead atoms. The zero-order valence-electron chi connectivity index (χ0n) is 7.52. The van der Waals surface area contributed by atoms with Crippen molar-refractivity contribution in [1.29, 1.82) is 0 Å². The van der Waals surface area contributed by atoms with Crippen molar-refractivity contribution < 1.29 is 4.39 Å². The molecule has 0 N–H and O–H groups in total. The fraction of sp³-hybridized carbons (Fsp3) is 1.00. The molecule has 0 aliphatic carbocycles. The second-order valence-corrected chi connectivity index (χ2v) is 3.75. The highest BCUT2D eigenvalue weighted by Crippen LogP contribution is 2.18. The van der Waals surface area contributed by atoms with Crippen molar-refractivity contribution in [3.8, 4) is 0 Å². The summed E-state index contributed by atoms with van der Waals surface area (Å²) >= 11 is 0. The summed E-state index contributed by atoms with van der Waals surface area (Å²) in [5.41, 5.74) is 0. The molecule has 0 spiro atoms. The van der Waals surface area contributed by atoms with Crippen LogP contribution >= 0.6 is 0 Å². The van der Waals surface area contributed by atoms with Gasteiger partial charge in [-0.1, -0.05) is 0 Å². The van der Waals surface area contributed by atoms with Gasteiger partial charge in [-0.05, 0) is 33.2 Å². The van der Waals surface area contributed by atoms with Gasteiger partial charge < -0.3 is 4.90 Å². The summed E-state index contributed by atoms with van der Waals surface area (Å²) < 4.78 is 12.3. The van der Waals surface area contributed by atoms with Gasteiger partial charge in [0.15, 0.2) is 0 Å². The van der Waals surface area contributed by atoms with Gasteiger partial charge in [-0.25, -0.2) is 0 Å². The van der Waals surface area contributed by atoms with E-state index in [4.69, 9.17) is 0 Å². The largest absolute Gasteiger partial charge is 0.301 e. The molecule has 1 aliphatic rings. The van der Waals surface area contributed by atoms with Crippen LogP contribution in [0.15, 0.2) is 0 Å². The van der Waals surface area contributed by atoms with Gasteiger partial charge in [0.25, 0.3) is 0 Å². The Bertz CT molecular complexity index is 114. The minimum absolute atomic E-state index is 0.136. The lowest BCUT2D eigenvalue weighted by molar-refractivity contribution is 0.124. The lowest BCUT2D eigenvalue weighted by Crippen LogP contribution is -2.40. The van der Waals surface area contributed by atoms with Gasteiger partial charge in [0, 0.05) is 18.5 Å². The fourth-order valence-corrected chi connectivity index (χ4v) is 1.69. The molecular weight excluding hydrogens is 141 g/mol. The van der Waals surface area contributed by atoms with Crippen LogP contribution in [0.2, 0.25) is 0 Å². The van der Waals surface area contributed by atoms with E-state index in [9.17, 15) is 4.39 Å². The third kappa shape index (κ3) is 2.44. The molecule has 1 aliphatic heterocycles. The molecule has 1 rings (SSSR count). The van der Waals surface area contributed by atoms with Gasteiger partial charge in [-0.15, -0.1) is 0 Å². The summed E-state index contributed by atoms with van der Waals surface area (Å²) in [7, 11) is 0. The van der Waals surface area contributed by atoms with Gasteiger partial charge in [-0.2, -0.15) is 0 Å². The van der Waals surface area contributed by atoms with Crippen LogP contribution in [-0.4, -0.2) is 30.7 Å². The Labute approximate surface area is 68.6 Å². The molecule has 1 heterocycles. The van der Waals surface area contributed by atoms with Gasteiger partial charge >= 0.3 is 0 Å². The second kappa shape index (κ2) is 4.05. The Hall–Kier alpha value is -0.110. The summed E-state index contributed by atoms with van der Waals surface area (Å²) in [6.45, 7) is 6.35. The SMILES string of the molecule is CC(C)N1CCC[C@H](CF)C1. The van der Waals surface area contributed by atoms with Crippen LogP contribution in [0.5, 0.6) is 0 Å². The highest BCUT2D eigenvalue weighted by Gasteiger charge is 2.20. The van der Waals surface area contributed by atoms with Crippen molar-refractivity contribution in [3.05, 3.63) is 0 Å². The monoisotopic (exact) mass is 159 g/mol. The Morgan fingerprint density at radius 3 is 2.82 bits per heavy atom. The molecule has 1 fully saturated rings. The maximum Gasteiger partial charge on any atom is 0.0934 e. The van der Waals surface area contributed by atoms with E-state index >= 15 is 0 Å². The molecule has 0 aromatic carbocycles. The van der Waals surface area contributed by atoms with Crippen LogP contribution in [0.25, 0.3) is 0 Å². The van der Waals surface area contributed by atoms with Gasteiger partial charge in [0.1, 0.15) is 0 Å². The summed E-state index contributed by atoms with van der Waals surface area (Å²) in [6.07, 6.45) is 2.26. The molecule has 11 heavy (non-hydrogen) atoms. The van der Waals surface area contributed by atoms with E-state index in [0.717, 1.165) is 19.5 Å². The maximum absolute atomic E-state index is 12.3. The van der Waals surface area contributed by atoms with Gasteiger partial charge in [-0.3, -0.25) is 4.39 Å². The number of nitrogens with zero attached hydrogens (tertiary/aromatic N) is 1. The van der Waals surface area contributed by atoms with E-state index < -0.39 is 0 Å². The molecule has 0 radical (unpaired) electrons. The van der Waals surface area contributed by atoms with E-state index in [2.05, 4.69) is 18.7 Å². The molecule has 1 atom stereocenters. The van der Waals surface area contributed by atoms with Crippen molar-refractivity contribution >= 4 is 0 Å². The van der Waals surface area contributed by atoms with Gasteiger partial charge in [0.2, 0.25) is 0 Å².